The van der Waals surface area contributed by atoms with Crippen molar-refractivity contribution in [3.8, 4) is 0 Å². The number of aliphatic imine (C=N–C) groups is 2. The second kappa shape index (κ2) is 12.3. The monoisotopic (exact) mass is 538 g/mol. The zero-order valence-corrected chi connectivity index (χ0v) is 26.0. The highest BCUT2D eigenvalue weighted by atomic mass is 28.4. The fourth-order valence-electron chi connectivity index (χ4n) is 6.15. The van der Waals surface area contributed by atoms with Crippen LogP contribution in [0.4, 0.5) is 0 Å². The SMILES string of the molecule is CC(C)N=C(c1ccccc1)N(C(C)C)[Si]1(N(C(=NC(C)C)c2ccccc2)C(C)C)C2C=CC=CC1C=C2. The molecule has 2 aliphatic heterocycles. The molecule has 0 fully saturated rings. The lowest BCUT2D eigenvalue weighted by Crippen LogP contribution is -2.74. The number of benzene rings is 2. The lowest BCUT2D eigenvalue weighted by atomic mass is 10.2. The van der Waals surface area contributed by atoms with Crippen molar-refractivity contribution in [3.63, 3.8) is 0 Å². The summed E-state index contributed by atoms with van der Waals surface area (Å²) < 4.78 is 5.49. The predicted molar refractivity (Wildman–Crippen MR) is 171 cm³/mol. The molecule has 2 atom stereocenters. The molecule has 0 N–H and O–H groups in total. The molecule has 2 heterocycles. The molecule has 0 saturated heterocycles. The van der Waals surface area contributed by atoms with Crippen LogP contribution in [0.25, 0.3) is 0 Å². The van der Waals surface area contributed by atoms with Crippen molar-refractivity contribution >= 4 is 20.1 Å². The number of allylic oxidation sites excluding steroid dienone is 6. The van der Waals surface area contributed by atoms with E-state index in [1.165, 1.54) is 11.1 Å². The first kappa shape index (κ1) is 28.8. The van der Waals surface area contributed by atoms with Crippen molar-refractivity contribution < 1.29 is 0 Å². The Bertz CT molecular complexity index is 1140. The van der Waals surface area contributed by atoms with Crippen LogP contribution in [0.3, 0.4) is 0 Å². The number of fused-ring (bicyclic) bond motifs is 2. The van der Waals surface area contributed by atoms with Crippen molar-refractivity contribution in [3.05, 3.63) is 108 Å². The van der Waals surface area contributed by atoms with Crippen LogP contribution in [-0.4, -0.2) is 53.4 Å². The van der Waals surface area contributed by atoms with E-state index in [4.69, 9.17) is 9.98 Å². The maximum Gasteiger partial charge on any atom is 0.288 e. The average molecular weight is 539 g/mol. The summed E-state index contributed by atoms with van der Waals surface area (Å²) in [6, 6.07) is 22.4. The lowest BCUT2D eigenvalue weighted by Gasteiger charge is -2.57. The van der Waals surface area contributed by atoms with E-state index < -0.39 is 8.40 Å². The Morgan fingerprint density at radius 3 is 1.23 bits per heavy atom. The van der Waals surface area contributed by atoms with Crippen LogP contribution in [0.15, 0.2) is 107 Å². The number of nitrogens with zero attached hydrogens (tertiary/aromatic N) is 4. The summed E-state index contributed by atoms with van der Waals surface area (Å²) >= 11 is 0. The second-order valence-electron chi connectivity index (χ2n) is 11.7. The third-order valence-electron chi connectivity index (χ3n) is 7.34. The molecular weight excluding hydrogens is 492 g/mol. The van der Waals surface area contributed by atoms with Crippen molar-refractivity contribution in [1.29, 1.82) is 0 Å². The van der Waals surface area contributed by atoms with E-state index in [1.54, 1.807) is 0 Å². The molecule has 5 heteroatoms. The van der Waals surface area contributed by atoms with Crippen LogP contribution in [-0.2, 0) is 0 Å². The Morgan fingerprint density at radius 1 is 0.564 bits per heavy atom. The van der Waals surface area contributed by atoms with Crippen LogP contribution in [0.2, 0.25) is 11.1 Å². The predicted octanol–water partition coefficient (Wildman–Crippen LogP) is 8.00. The normalized spacial score (nSPS) is 22.9. The summed E-state index contributed by atoms with van der Waals surface area (Å²) in [5, 5.41) is 0. The zero-order chi connectivity index (χ0) is 28.2. The largest absolute Gasteiger partial charge is 0.362 e. The molecule has 2 unspecified atom stereocenters. The molecule has 0 aliphatic carbocycles. The van der Waals surface area contributed by atoms with E-state index >= 15 is 0 Å². The molecule has 0 amide bonds. The van der Waals surface area contributed by atoms with Crippen LogP contribution in [0.5, 0.6) is 0 Å². The van der Waals surface area contributed by atoms with Gasteiger partial charge in [0.15, 0.2) is 0 Å². The summed E-state index contributed by atoms with van der Waals surface area (Å²) in [7, 11) is -2.72. The highest BCUT2D eigenvalue weighted by Crippen LogP contribution is 2.51. The first-order valence-electron chi connectivity index (χ1n) is 14.6. The van der Waals surface area contributed by atoms with E-state index in [0.717, 1.165) is 11.7 Å². The molecular formula is C34H46N4Si. The maximum atomic E-state index is 5.39. The van der Waals surface area contributed by atoms with Gasteiger partial charge in [0.1, 0.15) is 11.7 Å². The molecule has 4 rings (SSSR count). The molecule has 0 radical (unpaired) electrons. The highest BCUT2D eigenvalue weighted by molar-refractivity contribution is 6.84. The topological polar surface area (TPSA) is 31.2 Å². The van der Waals surface area contributed by atoms with Gasteiger partial charge in [0, 0.05) is 46.4 Å². The molecule has 4 nitrogen and oxygen atoms in total. The van der Waals surface area contributed by atoms with Crippen LogP contribution in [0.1, 0.15) is 66.5 Å². The van der Waals surface area contributed by atoms with Gasteiger partial charge in [0.2, 0.25) is 0 Å². The van der Waals surface area contributed by atoms with E-state index in [9.17, 15) is 0 Å². The second-order valence-corrected chi connectivity index (χ2v) is 15.6. The Morgan fingerprint density at radius 2 is 0.923 bits per heavy atom. The van der Waals surface area contributed by atoms with E-state index in [2.05, 4.69) is 162 Å². The molecule has 2 aromatic rings. The molecule has 0 saturated carbocycles. The van der Waals surface area contributed by atoms with Gasteiger partial charge in [-0.3, -0.25) is 9.98 Å². The van der Waals surface area contributed by atoms with Gasteiger partial charge in [-0.05, 0) is 55.4 Å². The van der Waals surface area contributed by atoms with Gasteiger partial charge in [-0.25, -0.2) is 0 Å². The van der Waals surface area contributed by atoms with Gasteiger partial charge >= 0.3 is 0 Å². The minimum absolute atomic E-state index is 0.167. The Kier molecular flexibility index (Phi) is 9.11. The lowest BCUT2D eigenvalue weighted by molar-refractivity contribution is 0.390. The van der Waals surface area contributed by atoms with Crippen LogP contribution < -0.4 is 0 Å². The quantitative estimate of drug-likeness (QED) is 0.148. The number of amidine groups is 2. The van der Waals surface area contributed by atoms with Gasteiger partial charge in [-0.15, -0.1) is 0 Å². The zero-order valence-electron chi connectivity index (χ0n) is 25.0. The standard InChI is InChI=1S/C34H46N4Si/c1-25(2)35-33(29-17-11-9-12-18-29)37(27(5)6)39(31-21-15-16-22-32(39)24-23-31)38(28(7)8)34(36-26(3)4)30-19-13-10-14-20-30/h9-28,31-32H,1-8H3. The van der Waals surface area contributed by atoms with E-state index in [1.807, 2.05) is 0 Å². The fourth-order valence-corrected chi connectivity index (χ4v) is 12.4. The van der Waals surface area contributed by atoms with Crippen LogP contribution >= 0.6 is 0 Å². The van der Waals surface area contributed by atoms with Crippen molar-refractivity contribution in [2.75, 3.05) is 0 Å². The smallest absolute Gasteiger partial charge is 0.288 e. The minimum Gasteiger partial charge on any atom is -0.362 e. The molecule has 2 aliphatic rings. The van der Waals surface area contributed by atoms with E-state index in [0.29, 0.717) is 0 Å². The third kappa shape index (κ3) is 5.74. The van der Waals surface area contributed by atoms with E-state index in [-0.39, 0.29) is 35.2 Å². The molecule has 0 spiro atoms. The summed E-state index contributed by atoms with van der Waals surface area (Å²) in [4.78, 5) is 10.8. The minimum atomic E-state index is -2.72. The van der Waals surface area contributed by atoms with Crippen molar-refractivity contribution in [1.82, 2.24) is 9.13 Å². The number of hydrogen-bond acceptors (Lipinski definition) is 2. The van der Waals surface area contributed by atoms with Gasteiger partial charge in [-0.2, -0.15) is 0 Å². The first-order chi connectivity index (χ1) is 18.7. The molecule has 0 aromatic heterocycles. The van der Waals surface area contributed by atoms with Gasteiger partial charge < -0.3 is 9.13 Å². The Labute approximate surface area is 237 Å². The van der Waals surface area contributed by atoms with Gasteiger partial charge in [0.05, 0.1) is 0 Å². The molecule has 2 bridgehead atoms. The number of rotatable bonds is 8. The fraction of sp³-hybridized carbons (Fsp3) is 0.412. The first-order valence-corrected chi connectivity index (χ1v) is 16.6. The molecule has 39 heavy (non-hydrogen) atoms. The van der Waals surface area contributed by atoms with Gasteiger partial charge in [-0.1, -0.05) is 97.1 Å². The van der Waals surface area contributed by atoms with Gasteiger partial charge in [0.25, 0.3) is 8.40 Å². The summed E-state index contributed by atoms with van der Waals surface area (Å²) in [5.41, 5.74) is 2.89. The Hall–Kier alpha value is -3.18. The molecule has 2 aromatic carbocycles. The summed E-state index contributed by atoms with van der Waals surface area (Å²) in [6.07, 6.45) is 14.3. The molecule has 206 valence electrons. The summed E-state index contributed by atoms with van der Waals surface area (Å²) in [5.74, 6) is 2.19. The third-order valence-corrected chi connectivity index (χ3v) is 13.1. The highest BCUT2D eigenvalue weighted by Gasteiger charge is 2.61. The summed E-state index contributed by atoms with van der Waals surface area (Å²) in [6.45, 7) is 18.1. The number of hydrogen-bond donors (Lipinski definition) is 0. The van der Waals surface area contributed by atoms with Crippen molar-refractivity contribution in [2.24, 2.45) is 9.98 Å². The van der Waals surface area contributed by atoms with Crippen LogP contribution in [0, 0.1) is 0 Å². The maximum absolute atomic E-state index is 5.39. The van der Waals surface area contributed by atoms with Crippen molar-refractivity contribution in [2.45, 2.75) is 90.6 Å². The Balaban J connectivity index is 2.10. The average Bonchev–Trinajstić information content (AvgIpc) is 3.11.